The normalized spacial score (nSPS) is 13.7. The molecule has 0 amide bonds. The first kappa shape index (κ1) is 17.9. The maximum absolute atomic E-state index is 2.59. The molecule has 5 aromatic carbocycles. The molecule has 2 aromatic heterocycles. The van der Waals surface area contributed by atoms with Crippen LogP contribution in [0, 0.1) is 0 Å². The molecule has 0 saturated carbocycles. The summed E-state index contributed by atoms with van der Waals surface area (Å²) in [7, 11) is 0. The summed E-state index contributed by atoms with van der Waals surface area (Å²) in [5, 5.41) is 5.47. The van der Waals surface area contributed by atoms with Crippen LogP contribution in [0.5, 0.6) is 0 Å². The lowest BCUT2D eigenvalue weighted by atomic mass is 9.35. The molecule has 34 heavy (non-hydrogen) atoms. The lowest BCUT2D eigenvalue weighted by Gasteiger charge is -2.32. The molecule has 156 valence electrons. The monoisotopic (exact) mass is 465 g/mol. The molecule has 7 aromatic rings. The van der Waals surface area contributed by atoms with E-state index in [9.17, 15) is 0 Å². The molecule has 0 radical (unpaired) electrons. The fourth-order valence-corrected chi connectivity index (χ4v) is 8.62. The molecule has 0 unspecified atom stereocenters. The smallest absolute Gasteiger partial charge is 0.249 e. The molecule has 2 aliphatic heterocycles. The number of fused-ring (bicyclic) bond motifs is 12. The third-order valence-electron chi connectivity index (χ3n) is 7.66. The number of thiophene rings is 1. The predicted molar refractivity (Wildman–Crippen MR) is 149 cm³/mol. The molecule has 4 heterocycles. The fourth-order valence-electron chi connectivity index (χ4n) is 6.36. The van der Waals surface area contributed by atoms with Crippen LogP contribution in [0.15, 0.2) is 107 Å². The molecule has 0 N–H and O–H groups in total. The minimum absolute atomic E-state index is 0.277. The largest absolute Gasteiger partial charge is 0.310 e. The van der Waals surface area contributed by atoms with Gasteiger partial charge < -0.3 is 4.57 Å². The Hall–Kier alpha value is -3.47. The lowest BCUT2D eigenvalue weighted by molar-refractivity contribution is 1.19. The van der Waals surface area contributed by atoms with E-state index in [2.05, 4.69) is 102 Å². The lowest BCUT2D eigenvalue weighted by Crippen LogP contribution is -2.58. The van der Waals surface area contributed by atoms with Crippen LogP contribution in [0.2, 0.25) is 0 Å². The van der Waals surface area contributed by atoms with Gasteiger partial charge in [-0.25, -0.2) is 0 Å². The van der Waals surface area contributed by atoms with Gasteiger partial charge in [0.1, 0.15) is 0 Å². The second kappa shape index (κ2) is 6.15. The minimum Gasteiger partial charge on any atom is -0.310 e. The Morgan fingerprint density at radius 3 is 2.29 bits per heavy atom. The van der Waals surface area contributed by atoms with Crippen LogP contribution in [0.25, 0.3) is 47.7 Å². The number of hydrogen-bond acceptors (Lipinski definition) is 2. The molecule has 0 saturated heterocycles. The standard InChI is InChI=1S/C30H16BNS2/c1-5-11-23-19(7-1)27-25(33-23)15-13-17-18-14-16-26-28-30(18)32(29(17)27)22-10-4-2-8-20(22)31(28)21-9-3-6-12-24(21)34-26/h1-16H. The summed E-state index contributed by atoms with van der Waals surface area (Å²) in [6, 6.07) is 36.3. The van der Waals surface area contributed by atoms with E-state index in [1.807, 2.05) is 23.1 Å². The van der Waals surface area contributed by atoms with Gasteiger partial charge in [0.2, 0.25) is 6.71 Å². The molecule has 0 spiro atoms. The number of aromatic nitrogens is 1. The highest BCUT2D eigenvalue weighted by Crippen LogP contribution is 2.45. The third-order valence-corrected chi connectivity index (χ3v) is 9.96. The Morgan fingerprint density at radius 2 is 1.32 bits per heavy atom. The summed E-state index contributed by atoms with van der Waals surface area (Å²) in [4.78, 5) is 2.77. The predicted octanol–water partition coefficient (Wildman–Crippen LogP) is 6.45. The van der Waals surface area contributed by atoms with Crippen LogP contribution < -0.4 is 16.4 Å². The van der Waals surface area contributed by atoms with Crippen molar-refractivity contribution in [3.8, 4) is 5.69 Å². The van der Waals surface area contributed by atoms with Gasteiger partial charge in [-0.2, -0.15) is 0 Å². The van der Waals surface area contributed by atoms with Gasteiger partial charge in [0.15, 0.2) is 0 Å². The van der Waals surface area contributed by atoms with E-state index in [0.29, 0.717) is 0 Å². The fraction of sp³-hybridized carbons (Fsp3) is 0. The van der Waals surface area contributed by atoms with Crippen molar-refractivity contribution in [2.24, 2.45) is 0 Å². The van der Waals surface area contributed by atoms with Gasteiger partial charge in [-0.3, -0.25) is 0 Å². The van der Waals surface area contributed by atoms with E-state index in [-0.39, 0.29) is 6.71 Å². The maximum Gasteiger partial charge on any atom is 0.249 e. The van der Waals surface area contributed by atoms with Gasteiger partial charge in [0.25, 0.3) is 0 Å². The molecule has 9 rings (SSSR count). The third kappa shape index (κ3) is 2.02. The van der Waals surface area contributed by atoms with Crippen molar-refractivity contribution in [3.63, 3.8) is 0 Å². The second-order valence-corrected chi connectivity index (χ2v) is 11.4. The molecule has 0 bridgehead atoms. The number of hydrogen-bond donors (Lipinski definition) is 0. The number of nitrogens with zero attached hydrogens (tertiary/aromatic N) is 1. The summed E-state index contributed by atoms with van der Waals surface area (Å²) in [5.74, 6) is 0. The van der Waals surface area contributed by atoms with Gasteiger partial charge >= 0.3 is 0 Å². The van der Waals surface area contributed by atoms with Crippen molar-refractivity contribution in [1.82, 2.24) is 4.57 Å². The van der Waals surface area contributed by atoms with E-state index < -0.39 is 0 Å². The van der Waals surface area contributed by atoms with Crippen LogP contribution in [-0.2, 0) is 0 Å². The van der Waals surface area contributed by atoms with Crippen molar-refractivity contribution in [2.75, 3.05) is 0 Å². The molecule has 0 fully saturated rings. The first-order chi connectivity index (χ1) is 16.9. The Morgan fingerprint density at radius 1 is 0.559 bits per heavy atom. The Bertz CT molecular complexity index is 2010. The Balaban J connectivity index is 1.58. The highest BCUT2D eigenvalue weighted by Gasteiger charge is 2.39. The van der Waals surface area contributed by atoms with Crippen LogP contribution in [0.1, 0.15) is 0 Å². The average Bonchev–Trinajstić information content (AvgIpc) is 3.43. The maximum atomic E-state index is 2.59. The molecular weight excluding hydrogens is 449 g/mol. The Kier molecular flexibility index (Phi) is 3.24. The van der Waals surface area contributed by atoms with E-state index in [1.165, 1.54) is 73.8 Å². The zero-order chi connectivity index (χ0) is 22.0. The summed E-state index contributed by atoms with van der Waals surface area (Å²) in [6.45, 7) is 0.277. The first-order valence-corrected chi connectivity index (χ1v) is 13.3. The van der Waals surface area contributed by atoms with Crippen molar-refractivity contribution >= 4 is 88.2 Å². The molecular formula is C30H16BNS2. The van der Waals surface area contributed by atoms with E-state index in [1.54, 1.807) is 0 Å². The van der Waals surface area contributed by atoms with Crippen LogP contribution >= 0.6 is 23.1 Å². The highest BCUT2D eigenvalue weighted by atomic mass is 32.2. The van der Waals surface area contributed by atoms with E-state index >= 15 is 0 Å². The van der Waals surface area contributed by atoms with Gasteiger partial charge in [0.05, 0.1) is 11.0 Å². The van der Waals surface area contributed by atoms with Crippen molar-refractivity contribution in [1.29, 1.82) is 0 Å². The van der Waals surface area contributed by atoms with Gasteiger partial charge in [-0.15, -0.1) is 11.3 Å². The summed E-state index contributed by atoms with van der Waals surface area (Å²) in [6.07, 6.45) is 0. The van der Waals surface area contributed by atoms with Crippen molar-refractivity contribution < 1.29 is 0 Å². The van der Waals surface area contributed by atoms with E-state index in [0.717, 1.165) is 0 Å². The van der Waals surface area contributed by atoms with Gasteiger partial charge in [0, 0.05) is 46.4 Å². The van der Waals surface area contributed by atoms with Gasteiger partial charge in [-0.1, -0.05) is 84.0 Å². The number of rotatable bonds is 0. The molecule has 1 nitrogen and oxygen atoms in total. The zero-order valence-corrected chi connectivity index (χ0v) is 19.7. The summed E-state index contributed by atoms with van der Waals surface area (Å²) >= 11 is 3.83. The molecule has 0 atom stereocenters. The van der Waals surface area contributed by atoms with Crippen molar-refractivity contribution in [3.05, 3.63) is 97.1 Å². The van der Waals surface area contributed by atoms with Crippen molar-refractivity contribution in [2.45, 2.75) is 9.79 Å². The topological polar surface area (TPSA) is 4.93 Å². The summed E-state index contributed by atoms with van der Waals surface area (Å²) < 4.78 is 5.31. The number of benzene rings is 5. The SMILES string of the molecule is c1ccc2c(c1)Sc1ccc3c4ccc5sc6ccccc6c5c4n4c3c1B2c1ccccc1-4. The molecule has 2 aliphatic rings. The zero-order valence-electron chi connectivity index (χ0n) is 18.1. The van der Waals surface area contributed by atoms with E-state index in [4.69, 9.17) is 0 Å². The number of para-hydroxylation sites is 1. The molecule has 0 aliphatic carbocycles. The highest BCUT2D eigenvalue weighted by molar-refractivity contribution is 8.00. The van der Waals surface area contributed by atoms with Crippen LogP contribution in [0.4, 0.5) is 0 Å². The van der Waals surface area contributed by atoms with Crippen LogP contribution in [0.3, 0.4) is 0 Å². The van der Waals surface area contributed by atoms with Gasteiger partial charge in [-0.05, 0) is 41.3 Å². The first-order valence-electron chi connectivity index (χ1n) is 11.7. The molecule has 4 heteroatoms. The second-order valence-electron chi connectivity index (χ2n) is 9.27. The van der Waals surface area contributed by atoms with Crippen LogP contribution in [-0.4, -0.2) is 11.3 Å². The Labute approximate surface area is 204 Å². The average molecular weight is 465 g/mol. The quantitative estimate of drug-likeness (QED) is 0.233. The minimum atomic E-state index is 0.277. The summed E-state index contributed by atoms with van der Waals surface area (Å²) in [5.41, 5.74) is 8.38.